The molecule has 6 heteroatoms. The van der Waals surface area contributed by atoms with Crippen molar-refractivity contribution in [2.24, 2.45) is 0 Å². The first kappa shape index (κ1) is 65.3. The average Bonchev–Trinajstić information content (AvgIpc) is 3.35. The number of carbonyl (C=O) groups excluding carboxylic acids is 3. The molecular formula is C63H106O6. The van der Waals surface area contributed by atoms with Crippen LogP contribution in [0, 0.1) is 0 Å². The van der Waals surface area contributed by atoms with Gasteiger partial charge in [0, 0.05) is 19.3 Å². The van der Waals surface area contributed by atoms with Crippen molar-refractivity contribution in [1.29, 1.82) is 0 Å². The van der Waals surface area contributed by atoms with E-state index < -0.39 is 6.10 Å². The van der Waals surface area contributed by atoms with Crippen LogP contribution in [0.5, 0.6) is 0 Å². The molecule has 0 rings (SSSR count). The number of carbonyl (C=O) groups is 3. The van der Waals surface area contributed by atoms with Crippen LogP contribution < -0.4 is 0 Å². The molecule has 0 heterocycles. The van der Waals surface area contributed by atoms with Gasteiger partial charge in [0.2, 0.25) is 0 Å². The van der Waals surface area contributed by atoms with Crippen LogP contribution >= 0.6 is 0 Å². The van der Waals surface area contributed by atoms with Crippen molar-refractivity contribution in [3.8, 4) is 0 Å². The Morgan fingerprint density at radius 2 is 0.594 bits per heavy atom. The van der Waals surface area contributed by atoms with Crippen LogP contribution in [0.25, 0.3) is 0 Å². The average molecular weight is 960 g/mol. The molecule has 0 unspecified atom stereocenters. The number of rotatable bonds is 51. The molecule has 0 fully saturated rings. The van der Waals surface area contributed by atoms with Crippen LogP contribution in [0.1, 0.15) is 265 Å². The fourth-order valence-electron chi connectivity index (χ4n) is 7.79. The third-order valence-electron chi connectivity index (χ3n) is 12.1. The third kappa shape index (κ3) is 55.1. The van der Waals surface area contributed by atoms with Gasteiger partial charge >= 0.3 is 17.9 Å². The fourth-order valence-corrected chi connectivity index (χ4v) is 7.79. The van der Waals surface area contributed by atoms with E-state index >= 15 is 0 Å². The summed E-state index contributed by atoms with van der Waals surface area (Å²) >= 11 is 0. The first-order valence-electron chi connectivity index (χ1n) is 28.7. The van der Waals surface area contributed by atoms with E-state index in [4.69, 9.17) is 14.2 Å². The SMILES string of the molecule is CC/C=C/C/C=C/C/C=C/C/C=C/C/C=C/C/C=C/CCC(=O)OC[C@@H](COC(=O)CCCCCCCCCCCCCCC)OC(=O)CCCCCCCCCCC/C=C/C/C=C/CCCCC. The summed E-state index contributed by atoms with van der Waals surface area (Å²) in [6, 6.07) is 0. The van der Waals surface area contributed by atoms with Gasteiger partial charge in [0.25, 0.3) is 0 Å². The number of hydrogen-bond acceptors (Lipinski definition) is 6. The molecule has 0 amide bonds. The van der Waals surface area contributed by atoms with E-state index in [1.54, 1.807) is 0 Å². The maximum absolute atomic E-state index is 12.9. The summed E-state index contributed by atoms with van der Waals surface area (Å²) in [6.07, 6.45) is 75.5. The van der Waals surface area contributed by atoms with Gasteiger partial charge in [-0.15, -0.1) is 0 Å². The Balaban J connectivity index is 4.48. The lowest BCUT2D eigenvalue weighted by molar-refractivity contribution is -0.166. The zero-order valence-electron chi connectivity index (χ0n) is 45.0. The second-order valence-corrected chi connectivity index (χ2v) is 18.8. The number of allylic oxidation sites excluding steroid dienone is 16. The van der Waals surface area contributed by atoms with Crippen molar-refractivity contribution >= 4 is 17.9 Å². The topological polar surface area (TPSA) is 78.9 Å². The van der Waals surface area contributed by atoms with Crippen molar-refractivity contribution in [2.75, 3.05) is 13.2 Å². The highest BCUT2D eigenvalue weighted by molar-refractivity contribution is 5.71. The van der Waals surface area contributed by atoms with Gasteiger partial charge in [-0.3, -0.25) is 14.4 Å². The molecule has 0 bridgehead atoms. The van der Waals surface area contributed by atoms with Gasteiger partial charge in [-0.1, -0.05) is 253 Å². The molecule has 0 aromatic rings. The molecule has 0 aliphatic carbocycles. The van der Waals surface area contributed by atoms with E-state index in [9.17, 15) is 14.4 Å². The Morgan fingerprint density at radius 1 is 0.304 bits per heavy atom. The smallest absolute Gasteiger partial charge is 0.306 e. The Hall–Kier alpha value is -3.67. The fraction of sp³-hybridized carbons (Fsp3) is 0.698. The molecule has 394 valence electrons. The summed E-state index contributed by atoms with van der Waals surface area (Å²) in [6.45, 7) is 6.44. The van der Waals surface area contributed by atoms with Gasteiger partial charge in [0.15, 0.2) is 6.10 Å². The molecule has 1 atom stereocenters. The van der Waals surface area contributed by atoms with Gasteiger partial charge in [-0.2, -0.15) is 0 Å². The number of unbranched alkanes of at least 4 members (excludes halogenated alkanes) is 24. The Labute approximate surface area is 426 Å². The number of ether oxygens (including phenoxy) is 3. The second kappa shape index (κ2) is 56.9. The predicted molar refractivity (Wildman–Crippen MR) is 297 cm³/mol. The van der Waals surface area contributed by atoms with E-state index in [0.29, 0.717) is 19.3 Å². The van der Waals surface area contributed by atoms with Crippen LogP contribution in [-0.2, 0) is 28.6 Å². The standard InChI is InChI=1S/C63H106O6/c1-4-7-10-13-16-19-22-25-27-29-31-33-35-38-41-44-47-50-53-56-62(65)68-59-60(58-67-61(64)55-52-49-46-43-40-37-24-21-18-15-12-9-6-3)69-63(66)57-54-51-48-45-42-39-36-34-32-30-28-26-23-20-17-14-11-8-5-2/h7,10,16-17,19-20,25-28,31,33,38,41,47,50,60H,4-6,8-9,11-15,18,21-24,29-30,32,34-37,39-40,42-46,48-49,51-59H2,1-3H3/b10-7+,19-16+,20-17+,27-25+,28-26+,33-31+,41-38+,50-47+/t60-/m1/s1. The van der Waals surface area contributed by atoms with E-state index in [1.807, 2.05) is 6.08 Å². The highest BCUT2D eigenvalue weighted by atomic mass is 16.6. The quantitative estimate of drug-likeness (QED) is 0.0262. The Morgan fingerprint density at radius 3 is 1.00 bits per heavy atom. The monoisotopic (exact) mass is 959 g/mol. The summed E-state index contributed by atoms with van der Waals surface area (Å²) in [5.74, 6) is -0.989. The van der Waals surface area contributed by atoms with Crippen molar-refractivity contribution in [3.05, 3.63) is 97.2 Å². The molecule has 0 radical (unpaired) electrons. The summed E-state index contributed by atoms with van der Waals surface area (Å²) in [4.78, 5) is 38.1. The molecule has 0 aromatic carbocycles. The van der Waals surface area contributed by atoms with E-state index in [0.717, 1.165) is 83.5 Å². The summed E-state index contributed by atoms with van der Waals surface area (Å²) < 4.78 is 16.8. The van der Waals surface area contributed by atoms with E-state index in [1.165, 1.54) is 135 Å². The van der Waals surface area contributed by atoms with Crippen LogP contribution in [0.15, 0.2) is 97.2 Å². The minimum atomic E-state index is -0.810. The molecule has 0 aliphatic heterocycles. The van der Waals surface area contributed by atoms with E-state index in [-0.39, 0.29) is 37.5 Å². The lowest BCUT2D eigenvalue weighted by Gasteiger charge is -2.18. The first-order chi connectivity index (χ1) is 34.0. The minimum Gasteiger partial charge on any atom is -0.462 e. The molecular weight excluding hydrogens is 853 g/mol. The molecule has 69 heavy (non-hydrogen) atoms. The minimum absolute atomic E-state index is 0.101. The number of hydrogen-bond donors (Lipinski definition) is 0. The van der Waals surface area contributed by atoms with Crippen LogP contribution in [0.2, 0.25) is 0 Å². The first-order valence-corrected chi connectivity index (χ1v) is 28.7. The van der Waals surface area contributed by atoms with Crippen LogP contribution in [0.4, 0.5) is 0 Å². The second-order valence-electron chi connectivity index (χ2n) is 18.8. The van der Waals surface area contributed by atoms with Gasteiger partial charge in [-0.25, -0.2) is 0 Å². The lowest BCUT2D eigenvalue weighted by atomic mass is 10.0. The maximum Gasteiger partial charge on any atom is 0.306 e. The lowest BCUT2D eigenvalue weighted by Crippen LogP contribution is -2.30. The number of esters is 3. The van der Waals surface area contributed by atoms with Crippen LogP contribution in [0.3, 0.4) is 0 Å². The van der Waals surface area contributed by atoms with Gasteiger partial charge < -0.3 is 14.2 Å². The zero-order chi connectivity index (χ0) is 50.0. The largest absolute Gasteiger partial charge is 0.462 e. The zero-order valence-corrected chi connectivity index (χ0v) is 45.0. The Bertz CT molecular complexity index is 1380. The van der Waals surface area contributed by atoms with Gasteiger partial charge in [-0.05, 0) is 89.9 Å². The maximum atomic E-state index is 12.9. The summed E-state index contributed by atoms with van der Waals surface area (Å²) in [7, 11) is 0. The molecule has 0 spiro atoms. The van der Waals surface area contributed by atoms with E-state index in [2.05, 4.69) is 112 Å². The molecule has 0 aromatic heterocycles. The van der Waals surface area contributed by atoms with Crippen molar-refractivity contribution in [2.45, 2.75) is 271 Å². The summed E-state index contributed by atoms with van der Waals surface area (Å²) in [5, 5.41) is 0. The summed E-state index contributed by atoms with van der Waals surface area (Å²) in [5.41, 5.74) is 0. The Kier molecular flexibility index (Phi) is 53.9. The van der Waals surface area contributed by atoms with Crippen LogP contribution in [-0.4, -0.2) is 37.2 Å². The molecule has 0 saturated carbocycles. The normalized spacial score (nSPS) is 12.8. The molecule has 0 aliphatic rings. The van der Waals surface area contributed by atoms with Crippen molar-refractivity contribution < 1.29 is 28.6 Å². The molecule has 6 nitrogen and oxygen atoms in total. The van der Waals surface area contributed by atoms with Gasteiger partial charge in [0.05, 0.1) is 0 Å². The predicted octanol–water partition coefficient (Wildman–Crippen LogP) is 19.3. The molecule has 0 saturated heterocycles. The van der Waals surface area contributed by atoms with Gasteiger partial charge in [0.1, 0.15) is 13.2 Å². The highest BCUT2D eigenvalue weighted by Gasteiger charge is 2.19. The molecule has 0 N–H and O–H groups in total. The third-order valence-corrected chi connectivity index (χ3v) is 12.1. The highest BCUT2D eigenvalue weighted by Crippen LogP contribution is 2.15. The van der Waals surface area contributed by atoms with Crippen molar-refractivity contribution in [1.82, 2.24) is 0 Å². The van der Waals surface area contributed by atoms with Crippen molar-refractivity contribution in [3.63, 3.8) is 0 Å².